The number of carbonyl (C=O) groups excluding carboxylic acids is 2. The van der Waals surface area contributed by atoms with Crippen LogP contribution in [-0.4, -0.2) is 55.2 Å². The first-order valence-corrected chi connectivity index (χ1v) is 7.90. The predicted molar refractivity (Wildman–Crippen MR) is 85.5 cm³/mol. The molecule has 2 aliphatic heterocycles. The van der Waals surface area contributed by atoms with Gasteiger partial charge in [-0.2, -0.15) is 0 Å². The molecule has 3 rings (SSSR count). The molecule has 2 saturated heterocycles. The van der Waals surface area contributed by atoms with E-state index in [1.165, 1.54) is 4.90 Å². The number of morpholine rings is 1. The minimum Gasteiger partial charge on any atom is -0.497 e. The summed E-state index contributed by atoms with van der Waals surface area (Å²) in [5.41, 5.74) is 0.595. The molecule has 0 spiro atoms. The molecule has 2 fully saturated rings. The van der Waals surface area contributed by atoms with E-state index < -0.39 is 6.04 Å². The monoisotopic (exact) mass is 318 g/mol. The zero-order valence-corrected chi connectivity index (χ0v) is 13.7. The molecule has 6 heteroatoms. The summed E-state index contributed by atoms with van der Waals surface area (Å²) in [5.74, 6) is 0.388. The second kappa shape index (κ2) is 6.29. The summed E-state index contributed by atoms with van der Waals surface area (Å²) in [6.07, 6.45) is 0.359. The van der Waals surface area contributed by atoms with Crippen LogP contribution in [0, 0.1) is 0 Å². The van der Waals surface area contributed by atoms with Gasteiger partial charge in [0.2, 0.25) is 5.91 Å². The molecular formula is C17H22N2O4. The Kier molecular flexibility index (Phi) is 4.37. The first-order valence-electron chi connectivity index (χ1n) is 7.90. The van der Waals surface area contributed by atoms with Gasteiger partial charge in [-0.15, -0.1) is 0 Å². The molecule has 0 radical (unpaired) electrons. The third kappa shape index (κ3) is 3.09. The summed E-state index contributed by atoms with van der Waals surface area (Å²) in [5, 5.41) is 0. The van der Waals surface area contributed by atoms with Gasteiger partial charge in [-0.05, 0) is 38.1 Å². The fourth-order valence-electron chi connectivity index (χ4n) is 3.38. The predicted octanol–water partition coefficient (Wildman–Crippen LogP) is 1.44. The van der Waals surface area contributed by atoms with E-state index in [1.54, 1.807) is 31.4 Å². The lowest BCUT2D eigenvalue weighted by atomic mass is 10.1. The molecule has 1 aromatic rings. The standard InChI is InChI=1S/C17H22N2O4/c1-11-9-18(10-12(2)23-11)15-8-16(20)19(17(15)21)13-4-6-14(22-3)7-5-13/h4-7,11-12,15H,8-10H2,1-3H3/t11-,12-,15+/m0/s1. The third-order valence-electron chi connectivity index (χ3n) is 4.34. The molecule has 0 saturated carbocycles. The fourth-order valence-corrected chi connectivity index (χ4v) is 3.38. The molecule has 23 heavy (non-hydrogen) atoms. The molecule has 6 nitrogen and oxygen atoms in total. The van der Waals surface area contributed by atoms with Crippen molar-refractivity contribution in [1.29, 1.82) is 0 Å². The van der Waals surface area contributed by atoms with Crippen molar-refractivity contribution in [3.63, 3.8) is 0 Å². The molecule has 0 aromatic heterocycles. The molecular weight excluding hydrogens is 296 g/mol. The smallest absolute Gasteiger partial charge is 0.251 e. The minimum absolute atomic E-state index is 0.0664. The number of nitrogens with zero attached hydrogens (tertiary/aromatic N) is 2. The Morgan fingerprint density at radius 2 is 1.70 bits per heavy atom. The Hall–Kier alpha value is -1.92. The van der Waals surface area contributed by atoms with Crippen LogP contribution in [-0.2, 0) is 14.3 Å². The lowest BCUT2D eigenvalue weighted by Crippen LogP contribution is -2.52. The summed E-state index contributed by atoms with van der Waals surface area (Å²) in [6.45, 7) is 5.32. The van der Waals surface area contributed by atoms with Crippen molar-refractivity contribution in [3.05, 3.63) is 24.3 Å². The summed E-state index contributed by atoms with van der Waals surface area (Å²) in [7, 11) is 1.58. The van der Waals surface area contributed by atoms with E-state index >= 15 is 0 Å². The lowest BCUT2D eigenvalue weighted by molar-refractivity contribution is -0.127. The number of amides is 2. The first-order chi connectivity index (χ1) is 11.0. The highest BCUT2D eigenvalue weighted by Crippen LogP contribution is 2.28. The molecule has 0 bridgehead atoms. The van der Waals surface area contributed by atoms with Crippen molar-refractivity contribution in [3.8, 4) is 5.75 Å². The van der Waals surface area contributed by atoms with Gasteiger partial charge in [-0.1, -0.05) is 0 Å². The highest BCUT2D eigenvalue weighted by molar-refractivity contribution is 6.22. The Balaban J connectivity index is 1.79. The molecule has 0 unspecified atom stereocenters. The molecule has 0 aliphatic carbocycles. The van der Waals surface area contributed by atoms with Crippen LogP contribution in [0.1, 0.15) is 20.3 Å². The number of hydrogen-bond donors (Lipinski definition) is 0. The van der Waals surface area contributed by atoms with Crippen molar-refractivity contribution in [1.82, 2.24) is 4.90 Å². The second-order valence-electron chi connectivity index (χ2n) is 6.20. The van der Waals surface area contributed by atoms with E-state index in [0.29, 0.717) is 24.5 Å². The SMILES string of the molecule is COc1ccc(N2C(=O)C[C@@H](N3C[C@H](C)O[C@@H](C)C3)C2=O)cc1. The number of imide groups is 1. The average molecular weight is 318 g/mol. The first kappa shape index (κ1) is 16.0. The molecule has 124 valence electrons. The zero-order chi connectivity index (χ0) is 16.6. The van der Waals surface area contributed by atoms with Crippen molar-refractivity contribution in [2.24, 2.45) is 0 Å². The number of benzene rings is 1. The second-order valence-corrected chi connectivity index (χ2v) is 6.20. The number of hydrogen-bond acceptors (Lipinski definition) is 5. The van der Waals surface area contributed by atoms with Crippen LogP contribution >= 0.6 is 0 Å². The molecule has 2 heterocycles. The molecule has 2 amide bonds. The highest BCUT2D eigenvalue weighted by Gasteiger charge is 2.44. The summed E-state index contributed by atoms with van der Waals surface area (Å²) in [4.78, 5) is 28.5. The summed E-state index contributed by atoms with van der Waals surface area (Å²) >= 11 is 0. The van der Waals surface area contributed by atoms with Gasteiger partial charge in [0.1, 0.15) is 5.75 Å². The number of ether oxygens (including phenoxy) is 2. The van der Waals surface area contributed by atoms with Gasteiger partial charge in [0, 0.05) is 13.1 Å². The lowest BCUT2D eigenvalue weighted by Gasteiger charge is -2.37. The van der Waals surface area contributed by atoms with Gasteiger partial charge in [-0.3, -0.25) is 14.5 Å². The van der Waals surface area contributed by atoms with Gasteiger partial charge < -0.3 is 9.47 Å². The van der Waals surface area contributed by atoms with Gasteiger partial charge >= 0.3 is 0 Å². The van der Waals surface area contributed by atoms with Gasteiger partial charge in [-0.25, -0.2) is 4.90 Å². The normalized spacial score (nSPS) is 29.2. The van der Waals surface area contributed by atoms with Gasteiger partial charge in [0.25, 0.3) is 5.91 Å². The van der Waals surface area contributed by atoms with Crippen molar-refractivity contribution >= 4 is 17.5 Å². The Morgan fingerprint density at radius 3 is 2.26 bits per heavy atom. The van der Waals surface area contributed by atoms with E-state index in [9.17, 15) is 9.59 Å². The average Bonchev–Trinajstić information content (AvgIpc) is 2.81. The van der Waals surface area contributed by atoms with E-state index in [2.05, 4.69) is 4.90 Å². The minimum atomic E-state index is -0.390. The van der Waals surface area contributed by atoms with E-state index in [1.807, 2.05) is 13.8 Å². The largest absolute Gasteiger partial charge is 0.497 e. The van der Waals surface area contributed by atoms with E-state index in [4.69, 9.17) is 9.47 Å². The third-order valence-corrected chi connectivity index (χ3v) is 4.34. The van der Waals surface area contributed by atoms with Crippen molar-refractivity contribution < 1.29 is 19.1 Å². The zero-order valence-electron chi connectivity index (χ0n) is 13.7. The molecule has 3 atom stereocenters. The van der Waals surface area contributed by atoms with Gasteiger partial charge in [0.05, 0.1) is 37.5 Å². The number of anilines is 1. The maximum Gasteiger partial charge on any atom is 0.251 e. The van der Waals surface area contributed by atoms with Gasteiger partial charge in [0.15, 0.2) is 0 Å². The Labute approximate surface area is 136 Å². The summed E-state index contributed by atoms with van der Waals surface area (Å²) in [6, 6.07) is 6.59. The quantitative estimate of drug-likeness (QED) is 0.789. The maximum atomic E-state index is 12.8. The fraction of sp³-hybridized carbons (Fsp3) is 0.529. The molecule has 0 N–H and O–H groups in total. The van der Waals surface area contributed by atoms with Crippen LogP contribution in [0.2, 0.25) is 0 Å². The summed E-state index contributed by atoms with van der Waals surface area (Å²) < 4.78 is 10.8. The van der Waals surface area contributed by atoms with Crippen molar-refractivity contribution in [2.45, 2.75) is 38.5 Å². The Morgan fingerprint density at radius 1 is 1.09 bits per heavy atom. The topological polar surface area (TPSA) is 59.1 Å². The number of methoxy groups -OCH3 is 1. The molecule has 2 aliphatic rings. The van der Waals surface area contributed by atoms with Crippen LogP contribution in [0.4, 0.5) is 5.69 Å². The van der Waals surface area contributed by atoms with E-state index in [-0.39, 0.29) is 30.4 Å². The highest BCUT2D eigenvalue weighted by atomic mass is 16.5. The number of carbonyl (C=O) groups is 2. The van der Waals surface area contributed by atoms with Crippen LogP contribution in [0.5, 0.6) is 5.75 Å². The van der Waals surface area contributed by atoms with Crippen LogP contribution < -0.4 is 9.64 Å². The van der Waals surface area contributed by atoms with Crippen LogP contribution in [0.15, 0.2) is 24.3 Å². The number of rotatable bonds is 3. The maximum absolute atomic E-state index is 12.8. The van der Waals surface area contributed by atoms with E-state index in [0.717, 1.165) is 0 Å². The van der Waals surface area contributed by atoms with Crippen LogP contribution in [0.25, 0.3) is 0 Å². The molecule has 1 aromatic carbocycles. The Bertz CT molecular complexity index is 591. The van der Waals surface area contributed by atoms with Crippen LogP contribution in [0.3, 0.4) is 0 Å². The van der Waals surface area contributed by atoms with Crippen molar-refractivity contribution in [2.75, 3.05) is 25.1 Å².